The van der Waals surface area contributed by atoms with Crippen LogP contribution in [0.1, 0.15) is 34.5 Å². The zero-order valence-electron chi connectivity index (χ0n) is 11.7. The fourth-order valence-electron chi connectivity index (χ4n) is 2.04. The normalized spacial score (nSPS) is 11.7. The minimum absolute atomic E-state index is 0.395. The number of benzene rings is 2. The Morgan fingerprint density at radius 1 is 1.05 bits per heavy atom. The summed E-state index contributed by atoms with van der Waals surface area (Å²) in [7, 11) is 0. The van der Waals surface area contributed by atoms with Gasteiger partial charge in [0.1, 0.15) is 0 Å². The molecule has 4 nitrogen and oxygen atoms in total. The van der Waals surface area contributed by atoms with E-state index in [-0.39, 0.29) is 0 Å². The van der Waals surface area contributed by atoms with Gasteiger partial charge in [0.25, 0.3) is 5.91 Å². The van der Waals surface area contributed by atoms with Gasteiger partial charge in [-0.15, -0.1) is 0 Å². The van der Waals surface area contributed by atoms with Gasteiger partial charge in [-0.25, -0.2) is 4.79 Å². The van der Waals surface area contributed by atoms with E-state index in [0.29, 0.717) is 11.1 Å². The lowest BCUT2D eigenvalue weighted by Crippen LogP contribution is -2.33. The number of aliphatic carboxylic acids is 1. The molecule has 2 aromatic carbocycles. The number of carbonyl (C=O) groups excluding carboxylic acids is 1. The molecular formula is C17H17NO3. The molecule has 108 valence electrons. The topological polar surface area (TPSA) is 66.4 Å². The molecule has 0 aliphatic carbocycles. The third kappa shape index (κ3) is 3.69. The van der Waals surface area contributed by atoms with Crippen LogP contribution in [0.5, 0.6) is 0 Å². The highest BCUT2D eigenvalue weighted by molar-refractivity contribution is 5.96. The summed E-state index contributed by atoms with van der Waals surface area (Å²) in [5, 5.41) is 11.8. The molecule has 0 spiro atoms. The molecule has 0 aliphatic heterocycles. The first kappa shape index (κ1) is 14.8. The molecule has 1 atom stereocenters. The molecule has 0 saturated heterocycles. The molecular weight excluding hydrogens is 266 g/mol. The number of carboxylic acid groups (broad SMARTS) is 1. The second-order valence-electron chi connectivity index (χ2n) is 4.71. The van der Waals surface area contributed by atoms with Crippen LogP contribution in [-0.4, -0.2) is 17.0 Å². The largest absolute Gasteiger partial charge is 0.479 e. The van der Waals surface area contributed by atoms with Crippen molar-refractivity contribution < 1.29 is 14.7 Å². The van der Waals surface area contributed by atoms with Gasteiger partial charge in [-0.3, -0.25) is 4.79 Å². The summed E-state index contributed by atoms with van der Waals surface area (Å²) >= 11 is 0. The zero-order valence-corrected chi connectivity index (χ0v) is 11.7. The monoisotopic (exact) mass is 283 g/mol. The van der Waals surface area contributed by atoms with E-state index in [1.165, 1.54) is 0 Å². The average Bonchev–Trinajstić information content (AvgIpc) is 2.53. The van der Waals surface area contributed by atoms with Crippen LogP contribution in [0.4, 0.5) is 0 Å². The van der Waals surface area contributed by atoms with Crippen LogP contribution in [0.25, 0.3) is 0 Å². The number of carboxylic acids is 1. The summed E-state index contributed by atoms with van der Waals surface area (Å²) in [6.07, 6.45) is 0.893. The second kappa shape index (κ2) is 6.70. The van der Waals surface area contributed by atoms with Crippen molar-refractivity contribution in [1.29, 1.82) is 0 Å². The molecule has 0 aliphatic rings. The van der Waals surface area contributed by atoms with E-state index < -0.39 is 17.9 Å². The standard InChI is InChI=1S/C17H17NO3/c1-2-12-8-10-14(11-9-12)16(19)18-15(17(20)21)13-6-4-3-5-7-13/h3-11,15H,2H2,1H3,(H,18,19)(H,20,21)/t15-/m0/s1. The summed E-state index contributed by atoms with van der Waals surface area (Å²) in [6.45, 7) is 2.03. The molecule has 2 N–H and O–H groups in total. The maximum Gasteiger partial charge on any atom is 0.330 e. The number of carbonyl (C=O) groups is 2. The molecule has 0 aromatic heterocycles. The molecule has 1 amide bonds. The summed E-state index contributed by atoms with van der Waals surface area (Å²) in [5.74, 6) is -1.48. The van der Waals surface area contributed by atoms with Crippen molar-refractivity contribution in [3.63, 3.8) is 0 Å². The van der Waals surface area contributed by atoms with Gasteiger partial charge in [-0.1, -0.05) is 49.4 Å². The lowest BCUT2D eigenvalue weighted by Gasteiger charge is -2.15. The maximum atomic E-state index is 12.2. The van der Waals surface area contributed by atoms with Crippen molar-refractivity contribution in [2.75, 3.05) is 0 Å². The van der Waals surface area contributed by atoms with Gasteiger partial charge >= 0.3 is 5.97 Å². The van der Waals surface area contributed by atoms with E-state index in [9.17, 15) is 14.7 Å². The van der Waals surface area contributed by atoms with Gasteiger partial charge < -0.3 is 10.4 Å². The minimum Gasteiger partial charge on any atom is -0.479 e. The highest BCUT2D eigenvalue weighted by Crippen LogP contribution is 2.14. The van der Waals surface area contributed by atoms with Crippen LogP contribution in [0.15, 0.2) is 54.6 Å². The number of rotatable bonds is 5. The fraction of sp³-hybridized carbons (Fsp3) is 0.176. The first-order valence-electron chi connectivity index (χ1n) is 6.79. The van der Waals surface area contributed by atoms with Crippen molar-refractivity contribution in [3.05, 3.63) is 71.3 Å². The second-order valence-corrected chi connectivity index (χ2v) is 4.71. The van der Waals surface area contributed by atoms with Crippen molar-refractivity contribution in [1.82, 2.24) is 5.32 Å². The van der Waals surface area contributed by atoms with Crippen LogP contribution >= 0.6 is 0 Å². The molecule has 2 rings (SSSR count). The van der Waals surface area contributed by atoms with Gasteiger partial charge in [0.05, 0.1) is 0 Å². The third-order valence-electron chi connectivity index (χ3n) is 3.28. The predicted octanol–water partition coefficient (Wildman–Crippen LogP) is 2.80. The van der Waals surface area contributed by atoms with Crippen LogP contribution in [0.3, 0.4) is 0 Å². The highest BCUT2D eigenvalue weighted by Gasteiger charge is 2.22. The van der Waals surface area contributed by atoms with Gasteiger partial charge in [0.2, 0.25) is 0 Å². The third-order valence-corrected chi connectivity index (χ3v) is 3.28. The lowest BCUT2D eigenvalue weighted by atomic mass is 10.1. The quantitative estimate of drug-likeness (QED) is 0.886. The van der Waals surface area contributed by atoms with E-state index >= 15 is 0 Å². The van der Waals surface area contributed by atoms with E-state index in [0.717, 1.165) is 12.0 Å². The first-order valence-corrected chi connectivity index (χ1v) is 6.79. The van der Waals surface area contributed by atoms with Crippen molar-refractivity contribution >= 4 is 11.9 Å². The van der Waals surface area contributed by atoms with Gasteiger partial charge in [-0.2, -0.15) is 0 Å². The van der Waals surface area contributed by atoms with Crippen LogP contribution < -0.4 is 5.32 Å². The molecule has 21 heavy (non-hydrogen) atoms. The molecule has 0 fully saturated rings. The Hall–Kier alpha value is -2.62. The number of amides is 1. The molecule has 0 bridgehead atoms. The summed E-state index contributed by atoms with van der Waals surface area (Å²) < 4.78 is 0. The number of hydrogen-bond acceptors (Lipinski definition) is 2. The van der Waals surface area contributed by atoms with Crippen LogP contribution in [-0.2, 0) is 11.2 Å². The van der Waals surface area contributed by atoms with Crippen LogP contribution in [0, 0.1) is 0 Å². The Bertz CT molecular complexity index is 620. The van der Waals surface area contributed by atoms with E-state index in [1.807, 2.05) is 19.1 Å². The number of aryl methyl sites for hydroxylation is 1. The molecule has 0 heterocycles. The Labute approximate surface area is 123 Å². The smallest absolute Gasteiger partial charge is 0.330 e. The Kier molecular flexibility index (Phi) is 4.72. The summed E-state index contributed by atoms with van der Waals surface area (Å²) in [6, 6.07) is 14.7. The van der Waals surface area contributed by atoms with Gasteiger partial charge in [0.15, 0.2) is 6.04 Å². The Morgan fingerprint density at radius 3 is 2.19 bits per heavy atom. The van der Waals surface area contributed by atoms with E-state index in [4.69, 9.17) is 0 Å². The predicted molar refractivity (Wildman–Crippen MR) is 80.1 cm³/mol. The number of nitrogens with one attached hydrogen (secondary N) is 1. The lowest BCUT2D eigenvalue weighted by molar-refractivity contribution is -0.139. The van der Waals surface area contributed by atoms with Crippen LogP contribution in [0.2, 0.25) is 0 Å². The molecule has 0 saturated carbocycles. The van der Waals surface area contributed by atoms with Crippen molar-refractivity contribution in [2.45, 2.75) is 19.4 Å². The Morgan fingerprint density at radius 2 is 1.67 bits per heavy atom. The average molecular weight is 283 g/mol. The highest BCUT2D eigenvalue weighted by atomic mass is 16.4. The molecule has 4 heteroatoms. The van der Waals surface area contributed by atoms with E-state index in [1.54, 1.807) is 42.5 Å². The summed E-state index contributed by atoms with van der Waals surface area (Å²) in [5.41, 5.74) is 2.13. The Balaban J connectivity index is 2.16. The number of hydrogen-bond donors (Lipinski definition) is 2. The minimum atomic E-state index is -1.08. The van der Waals surface area contributed by atoms with Gasteiger partial charge in [0, 0.05) is 5.56 Å². The van der Waals surface area contributed by atoms with Gasteiger partial charge in [-0.05, 0) is 29.7 Å². The van der Waals surface area contributed by atoms with Crippen molar-refractivity contribution in [3.8, 4) is 0 Å². The fourth-order valence-corrected chi connectivity index (χ4v) is 2.04. The molecule has 0 radical (unpaired) electrons. The summed E-state index contributed by atoms with van der Waals surface area (Å²) in [4.78, 5) is 23.5. The molecule has 2 aromatic rings. The SMILES string of the molecule is CCc1ccc(C(=O)N[C@H](C(=O)O)c2ccccc2)cc1. The zero-order chi connectivity index (χ0) is 15.2. The maximum absolute atomic E-state index is 12.2. The molecule has 0 unspecified atom stereocenters. The first-order chi connectivity index (χ1) is 10.1. The van der Waals surface area contributed by atoms with E-state index in [2.05, 4.69) is 5.32 Å². The van der Waals surface area contributed by atoms with Crippen molar-refractivity contribution in [2.24, 2.45) is 0 Å².